The summed E-state index contributed by atoms with van der Waals surface area (Å²) in [6.45, 7) is 8.51. The minimum absolute atomic E-state index is 0.446. The quantitative estimate of drug-likeness (QED) is 0.832. The van der Waals surface area contributed by atoms with Crippen LogP contribution < -0.4 is 5.73 Å². The van der Waals surface area contributed by atoms with Gasteiger partial charge in [-0.05, 0) is 54.9 Å². The third-order valence-electron chi connectivity index (χ3n) is 4.24. The second-order valence-electron chi connectivity index (χ2n) is 5.32. The molecular formula is C18H26N2. The monoisotopic (exact) mass is 270 g/mol. The summed E-state index contributed by atoms with van der Waals surface area (Å²) in [5, 5.41) is 2.66. The minimum atomic E-state index is 0.446. The molecule has 0 aliphatic rings. The van der Waals surface area contributed by atoms with E-state index in [0.717, 1.165) is 32.6 Å². The smallest absolute Gasteiger partial charge is 0.000753 e. The highest BCUT2D eigenvalue weighted by atomic mass is 15.1. The topological polar surface area (TPSA) is 29.3 Å². The first-order valence-electron chi connectivity index (χ1n) is 7.70. The van der Waals surface area contributed by atoms with Gasteiger partial charge in [0.2, 0.25) is 0 Å². The van der Waals surface area contributed by atoms with Crippen LogP contribution in [0, 0.1) is 0 Å². The van der Waals surface area contributed by atoms with E-state index in [0.29, 0.717) is 5.92 Å². The van der Waals surface area contributed by atoms with E-state index in [2.05, 4.69) is 61.2 Å². The van der Waals surface area contributed by atoms with E-state index in [1.165, 1.54) is 16.3 Å². The van der Waals surface area contributed by atoms with Gasteiger partial charge in [-0.2, -0.15) is 0 Å². The van der Waals surface area contributed by atoms with Gasteiger partial charge in [0, 0.05) is 0 Å². The lowest BCUT2D eigenvalue weighted by atomic mass is 9.91. The summed E-state index contributed by atoms with van der Waals surface area (Å²) in [5.41, 5.74) is 7.45. The zero-order valence-corrected chi connectivity index (χ0v) is 12.7. The normalized spacial score (nSPS) is 13.0. The molecule has 0 aromatic heterocycles. The third-order valence-corrected chi connectivity index (χ3v) is 4.24. The molecule has 2 N–H and O–H groups in total. The fourth-order valence-electron chi connectivity index (χ4n) is 2.89. The van der Waals surface area contributed by atoms with Gasteiger partial charge in [0.15, 0.2) is 0 Å². The Morgan fingerprint density at radius 2 is 1.70 bits per heavy atom. The van der Waals surface area contributed by atoms with Crippen LogP contribution in [-0.2, 0) is 0 Å². The SMILES string of the molecule is CCN(CC)CC[C@@H](CN)c1cccc2ccccc12. The average molecular weight is 270 g/mol. The summed E-state index contributed by atoms with van der Waals surface area (Å²) < 4.78 is 0. The van der Waals surface area contributed by atoms with Crippen molar-refractivity contribution in [3.63, 3.8) is 0 Å². The van der Waals surface area contributed by atoms with E-state index in [-0.39, 0.29) is 0 Å². The lowest BCUT2D eigenvalue weighted by Gasteiger charge is -2.23. The van der Waals surface area contributed by atoms with Crippen LogP contribution in [0.4, 0.5) is 0 Å². The van der Waals surface area contributed by atoms with Crippen molar-refractivity contribution in [2.75, 3.05) is 26.2 Å². The van der Waals surface area contributed by atoms with Gasteiger partial charge in [0.05, 0.1) is 0 Å². The van der Waals surface area contributed by atoms with Gasteiger partial charge in [0.1, 0.15) is 0 Å². The maximum atomic E-state index is 6.05. The van der Waals surface area contributed by atoms with E-state index in [1.54, 1.807) is 0 Å². The maximum Gasteiger partial charge on any atom is -0.000753 e. The van der Waals surface area contributed by atoms with Gasteiger partial charge in [-0.3, -0.25) is 0 Å². The molecule has 0 spiro atoms. The molecule has 108 valence electrons. The van der Waals surface area contributed by atoms with Crippen molar-refractivity contribution >= 4 is 10.8 Å². The highest BCUT2D eigenvalue weighted by Gasteiger charge is 2.13. The molecule has 0 unspecified atom stereocenters. The molecule has 0 radical (unpaired) electrons. The van der Waals surface area contributed by atoms with Crippen molar-refractivity contribution in [2.45, 2.75) is 26.2 Å². The lowest BCUT2D eigenvalue weighted by molar-refractivity contribution is 0.291. The van der Waals surface area contributed by atoms with Crippen LogP contribution in [0.15, 0.2) is 42.5 Å². The van der Waals surface area contributed by atoms with Gasteiger partial charge in [-0.25, -0.2) is 0 Å². The molecule has 2 heteroatoms. The molecule has 0 fully saturated rings. The summed E-state index contributed by atoms with van der Waals surface area (Å²) in [6.07, 6.45) is 1.13. The fraction of sp³-hybridized carbons (Fsp3) is 0.444. The van der Waals surface area contributed by atoms with E-state index in [1.807, 2.05) is 0 Å². The van der Waals surface area contributed by atoms with Crippen LogP contribution in [0.2, 0.25) is 0 Å². The summed E-state index contributed by atoms with van der Waals surface area (Å²) in [6, 6.07) is 15.2. The van der Waals surface area contributed by atoms with Crippen LogP contribution in [0.1, 0.15) is 31.7 Å². The molecule has 0 aliphatic carbocycles. The zero-order valence-electron chi connectivity index (χ0n) is 12.7. The van der Waals surface area contributed by atoms with Crippen molar-refractivity contribution in [2.24, 2.45) is 5.73 Å². The molecule has 2 rings (SSSR count). The summed E-state index contributed by atoms with van der Waals surface area (Å²) in [4.78, 5) is 2.47. The molecule has 1 atom stereocenters. The Labute approximate surface area is 122 Å². The number of hydrogen-bond donors (Lipinski definition) is 1. The van der Waals surface area contributed by atoms with Gasteiger partial charge in [-0.15, -0.1) is 0 Å². The van der Waals surface area contributed by atoms with E-state index in [4.69, 9.17) is 5.73 Å². The number of fused-ring (bicyclic) bond motifs is 1. The van der Waals surface area contributed by atoms with E-state index in [9.17, 15) is 0 Å². The van der Waals surface area contributed by atoms with Crippen LogP contribution in [0.5, 0.6) is 0 Å². The Morgan fingerprint density at radius 3 is 2.40 bits per heavy atom. The summed E-state index contributed by atoms with van der Waals surface area (Å²) in [5.74, 6) is 0.446. The molecule has 0 saturated carbocycles. The summed E-state index contributed by atoms with van der Waals surface area (Å²) >= 11 is 0. The van der Waals surface area contributed by atoms with Crippen LogP contribution in [0.3, 0.4) is 0 Å². The Balaban J connectivity index is 2.21. The standard InChI is InChI=1S/C18H26N2/c1-3-20(4-2)13-12-16(14-19)18-11-7-9-15-8-5-6-10-17(15)18/h5-11,16H,3-4,12-14,19H2,1-2H3/t16-/m0/s1. The van der Waals surface area contributed by atoms with Crippen LogP contribution >= 0.6 is 0 Å². The molecule has 2 aromatic carbocycles. The predicted molar refractivity (Wildman–Crippen MR) is 88.1 cm³/mol. The molecule has 0 heterocycles. The number of hydrogen-bond acceptors (Lipinski definition) is 2. The van der Waals surface area contributed by atoms with E-state index < -0.39 is 0 Å². The van der Waals surface area contributed by atoms with Gasteiger partial charge in [0.25, 0.3) is 0 Å². The van der Waals surface area contributed by atoms with E-state index >= 15 is 0 Å². The van der Waals surface area contributed by atoms with Crippen molar-refractivity contribution in [3.8, 4) is 0 Å². The lowest BCUT2D eigenvalue weighted by Crippen LogP contribution is -2.27. The molecule has 0 saturated heterocycles. The largest absolute Gasteiger partial charge is 0.330 e. The Morgan fingerprint density at radius 1 is 1.00 bits per heavy atom. The first-order valence-corrected chi connectivity index (χ1v) is 7.70. The predicted octanol–water partition coefficient (Wildman–Crippen LogP) is 3.61. The zero-order chi connectivity index (χ0) is 14.4. The molecule has 20 heavy (non-hydrogen) atoms. The van der Waals surface area contributed by atoms with Crippen molar-refractivity contribution < 1.29 is 0 Å². The molecule has 0 amide bonds. The van der Waals surface area contributed by atoms with Crippen molar-refractivity contribution in [1.82, 2.24) is 4.90 Å². The molecule has 2 nitrogen and oxygen atoms in total. The number of nitrogens with zero attached hydrogens (tertiary/aromatic N) is 1. The van der Waals surface area contributed by atoms with Gasteiger partial charge >= 0.3 is 0 Å². The first-order chi connectivity index (χ1) is 9.80. The Hall–Kier alpha value is -1.38. The molecule has 0 bridgehead atoms. The first kappa shape index (κ1) is 15.0. The highest BCUT2D eigenvalue weighted by Crippen LogP contribution is 2.27. The summed E-state index contributed by atoms with van der Waals surface area (Å²) in [7, 11) is 0. The third kappa shape index (κ3) is 3.38. The number of rotatable bonds is 7. The minimum Gasteiger partial charge on any atom is -0.330 e. The number of benzene rings is 2. The Kier molecular flexibility index (Phi) is 5.57. The van der Waals surface area contributed by atoms with Crippen LogP contribution in [0.25, 0.3) is 10.8 Å². The number of nitrogens with two attached hydrogens (primary N) is 1. The molecular weight excluding hydrogens is 244 g/mol. The molecule has 0 aliphatic heterocycles. The van der Waals surface area contributed by atoms with Crippen molar-refractivity contribution in [3.05, 3.63) is 48.0 Å². The molecule has 2 aromatic rings. The second-order valence-corrected chi connectivity index (χ2v) is 5.32. The van der Waals surface area contributed by atoms with Gasteiger partial charge in [-0.1, -0.05) is 56.3 Å². The van der Waals surface area contributed by atoms with Crippen LogP contribution in [-0.4, -0.2) is 31.1 Å². The second kappa shape index (κ2) is 7.41. The highest BCUT2D eigenvalue weighted by molar-refractivity contribution is 5.86. The Bertz CT molecular complexity index is 526. The average Bonchev–Trinajstić information content (AvgIpc) is 2.51. The maximum absolute atomic E-state index is 6.05. The van der Waals surface area contributed by atoms with Gasteiger partial charge < -0.3 is 10.6 Å². The van der Waals surface area contributed by atoms with Crippen molar-refractivity contribution in [1.29, 1.82) is 0 Å². The fourth-order valence-corrected chi connectivity index (χ4v) is 2.89.